The van der Waals surface area contributed by atoms with Crippen LogP contribution >= 0.6 is 12.4 Å². The van der Waals surface area contributed by atoms with E-state index < -0.39 is 0 Å². The molecule has 3 rings (SSSR count). The van der Waals surface area contributed by atoms with E-state index in [2.05, 4.69) is 17.6 Å². The molecule has 2 heterocycles. The van der Waals surface area contributed by atoms with Gasteiger partial charge in [0.2, 0.25) is 5.91 Å². The highest BCUT2D eigenvalue weighted by Gasteiger charge is 2.30. The fourth-order valence-electron chi connectivity index (χ4n) is 3.14. The van der Waals surface area contributed by atoms with Crippen molar-refractivity contribution in [2.24, 2.45) is 0 Å². The molecule has 2 N–H and O–H groups in total. The van der Waals surface area contributed by atoms with Crippen molar-refractivity contribution in [2.45, 2.75) is 44.2 Å². The number of halogens is 1. The van der Waals surface area contributed by atoms with Gasteiger partial charge in [-0.1, -0.05) is 18.2 Å². The Balaban J connectivity index is 0.00000161. The van der Waals surface area contributed by atoms with E-state index in [0.717, 1.165) is 37.1 Å². The standard InChI is InChI=1S/C16H22N2O2.ClH/c1-11-14(6-4-9-17-11)18-16(19)13-8-10-20-15-7-3-2-5-12(13)15;/h2-3,5,7,11,13-14,17H,4,6,8-10H2,1H3,(H,18,19);1H. The molecule has 0 radical (unpaired) electrons. The topological polar surface area (TPSA) is 50.4 Å². The number of hydrogen-bond donors (Lipinski definition) is 2. The summed E-state index contributed by atoms with van der Waals surface area (Å²) >= 11 is 0. The summed E-state index contributed by atoms with van der Waals surface area (Å²) in [5.74, 6) is 0.920. The number of amides is 1. The maximum Gasteiger partial charge on any atom is 0.228 e. The number of hydrogen-bond acceptors (Lipinski definition) is 3. The number of rotatable bonds is 2. The zero-order valence-corrected chi connectivity index (χ0v) is 13.1. The number of piperidine rings is 1. The highest BCUT2D eigenvalue weighted by atomic mass is 35.5. The zero-order chi connectivity index (χ0) is 13.9. The van der Waals surface area contributed by atoms with Gasteiger partial charge < -0.3 is 15.4 Å². The summed E-state index contributed by atoms with van der Waals surface area (Å²) in [6.45, 7) is 3.81. The fourth-order valence-corrected chi connectivity index (χ4v) is 3.14. The van der Waals surface area contributed by atoms with Crippen LogP contribution in [0.5, 0.6) is 5.75 Å². The molecule has 5 heteroatoms. The number of benzene rings is 1. The average molecular weight is 311 g/mol. The fraction of sp³-hybridized carbons (Fsp3) is 0.562. The first-order chi connectivity index (χ1) is 9.75. The third kappa shape index (κ3) is 3.50. The van der Waals surface area contributed by atoms with Crippen LogP contribution < -0.4 is 15.4 Å². The summed E-state index contributed by atoms with van der Waals surface area (Å²) in [5.41, 5.74) is 1.02. The molecular formula is C16H23ClN2O2. The van der Waals surface area contributed by atoms with Crippen LogP contribution in [-0.4, -0.2) is 31.1 Å². The van der Waals surface area contributed by atoms with Crippen LogP contribution in [0.1, 0.15) is 37.7 Å². The maximum absolute atomic E-state index is 12.6. The lowest BCUT2D eigenvalue weighted by atomic mass is 9.91. The van der Waals surface area contributed by atoms with Crippen molar-refractivity contribution in [2.75, 3.05) is 13.2 Å². The quantitative estimate of drug-likeness (QED) is 0.881. The van der Waals surface area contributed by atoms with Gasteiger partial charge in [0.1, 0.15) is 5.75 Å². The smallest absolute Gasteiger partial charge is 0.228 e. The van der Waals surface area contributed by atoms with E-state index >= 15 is 0 Å². The molecule has 21 heavy (non-hydrogen) atoms. The van der Waals surface area contributed by atoms with Gasteiger partial charge in [-0.25, -0.2) is 0 Å². The molecule has 0 spiro atoms. The third-order valence-corrected chi connectivity index (χ3v) is 4.36. The van der Waals surface area contributed by atoms with Gasteiger partial charge in [0.15, 0.2) is 0 Å². The molecular weight excluding hydrogens is 288 g/mol. The van der Waals surface area contributed by atoms with Gasteiger partial charge >= 0.3 is 0 Å². The third-order valence-electron chi connectivity index (χ3n) is 4.36. The number of ether oxygens (including phenoxy) is 1. The van der Waals surface area contributed by atoms with Gasteiger partial charge in [-0.2, -0.15) is 0 Å². The van der Waals surface area contributed by atoms with Crippen molar-refractivity contribution in [3.8, 4) is 5.75 Å². The second-order valence-electron chi connectivity index (χ2n) is 5.73. The van der Waals surface area contributed by atoms with Crippen molar-refractivity contribution in [3.05, 3.63) is 29.8 Å². The number of para-hydroxylation sites is 1. The summed E-state index contributed by atoms with van der Waals surface area (Å²) < 4.78 is 5.62. The Bertz CT molecular complexity index is 495. The van der Waals surface area contributed by atoms with Crippen LogP contribution in [0.4, 0.5) is 0 Å². The normalized spacial score (nSPS) is 27.8. The van der Waals surface area contributed by atoms with Crippen molar-refractivity contribution >= 4 is 18.3 Å². The van der Waals surface area contributed by atoms with Crippen LogP contribution in [0.25, 0.3) is 0 Å². The second kappa shape index (κ2) is 7.14. The molecule has 0 aliphatic carbocycles. The molecule has 1 fully saturated rings. The first-order valence-electron chi connectivity index (χ1n) is 7.51. The predicted octanol–water partition coefficient (Wildman–Crippen LogP) is 2.23. The molecule has 2 aliphatic heterocycles. The monoisotopic (exact) mass is 310 g/mol. The Morgan fingerprint density at radius 3 is 2.95 bits per heavy atom. The zero-order valence-electron chi connectivity index (χ0n) is 12.3. The first-order valence-corrected chi connectivity index (χ1v) is 7.51. The van der Waals surface area contributed by atoms with E-state index in [9.17, 15) is 4.79 Å². The summed E-state index contributed by atoms with van der Waals surface area (Å²) in [6.07, 6.45) is 2.95. The lowest BCUT2D eigenvalue weighted by Crippen LogP contribution is -2.53. The Kier molecular flexibility index (Phi) is 5.48. The number of carbonyl (C=O) groups is 1. The number of nitrogens with one attached hydrogen (secondary N) is 2. The molecule has 0 aromatic heterocycles. The maximum atomic E-state index is 12.6. The highest BCUT2D eigenvalue weighted by molar-refractivity contribution is 5.85. The minimum atomic E-state index is -0.0749. The Morgan fingerprint density at radius 1 is 1.33 bits per heavy atom. The van der Waals surface area contributed by atoms with Crippen LogP contribution in [0.15, 0.2) is 24.3 Å². The van der Waals surface area contributed by atoms with Crippen LogP contribution in [0.3, 0.4) is 0 Å². The number of carbonyl (C=O) groups excluding carboxylic acids is 1. The molecule has 1 amide bonds. The van der Waals surface area contributed by atoms with E-state index in [1.165, 1.54) is 0 Å². The lowest BCUT2D eigenvalue weighted by molar-refractivity contribution is -0.124. The molecule has 4 nitrogen and oxygen atoms in total. The Labute approximate surface area is 132 Å². The molecule has 116 valence electrons. The van der Waals surface area contributed by atoms with Crippen molar-refractivity contribution < 1.29 is 9.53 Å². The van der Waals surface area contributed by atoms with Crippen LogP contribution in [0, 0.1) is 0 Å². The van der Waals surface area contributed by atoms with E-state index in [1.807, 2.05) is 24.3 Å². The van der Waals surface area contributed by atoms with E-state index in [4.69, 9.17) is 4.74 Å². The predicted molar refractivity (Wildman–Crippen MR) is 85.2 cm³/mol. The highest BCUT2D eigenvalue weighted by Crippen LogP contribution is 2.33. The molecule has 1 saturated heterocycles. The minimum Gasteiger partial charge on any atom is -0.493 e. The van der Waals surface area contributed by atoms with Crippen LogP contribution in [-0.2, 0) is 4.79 Å². The van der Waals surface area contributed by atoms with Crippen molar-refractivity contribution in [1.82, 2.24) is 10.6 Å². The molecule has 2 aliphatic rings. The van der Waals surface area contributed by atoms with Gasteiger partial charge in [0.05, 0.1) is 12.5 Å². The Morgan fingerprint density at radius 2 is 2.14 bits per heavy atom. The van der Waals surface area contributed by atoms with Gasteiger partial charge in [-0.3, -0.25) is 4.79 Å². The summed E-state index contributed by atoms with van der Waals surface area (Å²) in [6, 6.07) is 8.46. The van der Waals surface area contributed by atoms with E-state index in [1.54, 1.807) is 0 Å². The summed E-state index contributed by atoms with van der Waals surface area (Å²) in [5, 5.41) is 6.64. The minimum absolute atomic E-state index is 0. The Hall–Kier alpha value is -1.26. The van der Waals surface area contributed by atoms with Gasteiger partial charge in [-0.05, 0) is 38.8 Å². The SMILES string of the molecule is CC1NCCCC1NC(=O)C1CCOc2ccccc21.Cl. The number of fused-ring (bicyclic) bond motifs is 1. The summed E-state index contributed by atoms with van der Waals surface area (Å²) in [4.78, 5) is 12.6. The van der Waals surface area contributed by atoms with Gasteiger partial charge in [0.25, 0.3) is 0 Å². The van der Waals surface area contributed by atoms with E-state index in [-0.39, 0.29) is 30.3 Å². The van der Waals surface area contributed by atoms with E-state index in [0.29, 0.717) is 12.6 Å². The first kappa shape index (κ1) is 16.1. The average Bonchev–Trinajstić information content (AvgIpc) is 2.49. The molecule has 0 saturated carbocycles. The largest absolute Gasteiger partial charge is 0.493 e. The van der Waals surface area contributed by atoms with Crippen molar-refractivity contribution in [1.29, 1.82) is 0 Å². The molecule has 1 aromatic rings. The lowest BCUT2D eigenvalue weighted by Gasteiger charge is -2.33. The molecule has 3 unspecified atom stereocenters. The van der Waals surface area contributed by atoms with Gasteiger partial charge in [-0.15, -0.1) is 12.4 Å². The van der Waals surface area contributed by atoms with Crippen molar-refractivity contribution in [3.63, 3.8) is 0 Å². The molecule has 0 bridgehead atoms. The second-order valence-corrected chi connectivity index (χ2v) is 5.73. The van der Waals surface area contributed by atoms with Gasteiger partial charge in [0, 0.05) is 17.6 Å². The molecule has 3 atom stereocenters. The molecule has 1 aromatic carbocycles. The van der Waals surface area contributed by atoms with Crippen LogP contribution in [0.2, 0.25) is 0 Å². The summed E-state index contributed by atoms with van der Waals surface area (Å²) in [7, 11) is 0.